The minimum Gasteiger partial charge on any atom is -0.318 e. The molecule has 0 aliphatic heterocycles. The summed E-state index contributed by atoms with van der Waals surface area (Å²) in [5.74, 6) is -0.173. The maximum absolute atomic E-state index is 13.3. The van der Waals surface area contributed by atoms with E-state index in [4.69, 9.17) is 11.6 Å². The summed E-state index contributed by atoms with van der Waals surface area (Å²) in [5.41, 5.74) is 2.17. The number of aromatic nitrogens is 2. The van der Waals surface area contributed by atoms with E-state index in [0.717, 1.165) is 34.7 Å². The van der Waals surface area contributed by atoms with E-state index in [0.29, 0.717) is 23.3 Å². The number of imidazole rings is 1. The summed E-state index contributed by atoms with van der Waals surface area (Å²) in [7, 11) is -4.11. The number of hydrogen-bond donors (Lipinski definition) is 1. The number of nitrogens with one attached hydrogen (secondary N) is 1. The van der Waals surface area contributed by atoms with Crippen molar-refractivity contribution < 1.29 is 13.2 Å². The Labute approximate surface area is 218 Å². The van der Waals surface area contributed by atoms with Gasteiger partial charge in [0.1, 0.15) is 11.5 Å². The molecule has 0 saturated carbocycles. The minimum absolute atomic E-state index is 0.0190. The second-order valence-electron chi connectivity index (χ2n) is 8.34. The number of nitrogens with zero attached hydrogens (tertiary/aromatic N) is 2. The molecule has 3 aromatic carbocycles. The zero-order valence-electron chi connectivity index (χ0n) is 19.4. The predicted molar refractivity (Wildman–Crippen MR) is 142 cm³/mol. The van der Waals surface area contributed by atoms with Crippen molar-refractivity contribution in [2.24, 2.45) is 0 Å². The third kappa shape index (κ3) is 5.44. The monoisotopic (exact) mass is 573 g/mol. The van der Waals surface area contributed by atoms with Crippen molar-refractivity contribution in [2.45, 2.75) is 44.6 Å². The molecule has 9 heteroatoms. The van der Waals surface area contributed by atoms with E-state index in [1.54, 1.807) is 16.7 Å². The first kappa shape index (κ1) is 25.4. The van der Waals surface area contributed by atoms with Gasteiger partial charge in [-0.2, -0.15) is 0 Å². The smallest absolute Gasteiger partial charge is 0.284 e. The number of unbranched alkanes of at least 4 members (excludes halogenated alkanes) is 1. The Hall–Kier alpha value is -2.68. The summed E-state index contributed by atoms with van der Waals surface area (Å²) in [6.07, 6.45) is 2.42. The molecular weight excluding hydrogens is 550 g/mol. The predicted octanol–water partition coefficient (Wildman–Crippen LogP) is 6.27. The normalized spacial score (nSPS) is 11.7. The number of amides is 1. The first-order valence-electron chi connectivity index (χ1n) is 11.3. The fraction of sp³-hybridized carbons (Fsp3) is 0.231. The number of rotatable bonds is 8. The molecule has 0 atom stereocenters. The van der Waals surface area contributed by atoms with Crippen LogP contribution in [0.15, 0.2) is 70.0 Å². The zero-order chi connectivity index (χ0) is 25.2. The topological polar surface area (TPSA) is 81.1 Å². The molecule has 1 heterocycles. The van der Waals surface area contributed by atoms with Gasteiger partial charge in [-0.3, -0.25) is 4.79 Å². The highest BCUT2D eigenvalue weighted by molar-refractivity contribution is 9.10. The van der Waals surface area contributed by atoms with E-state index >= 15 is 0 Å². The highest BCUT2D eigenvalue weighted by Crippen LogP contribution is 2.27. The Bertz CT molecular complexity index is 1520. The van der Waals surface area contributed by atoms with Gasteiger partial charge < -0.3 is 4.57 Å². The summed E-state index contributed by atoms with van der Waals surface area (Å²) >= 11 is 9.70. The van der Waals surface area contributed by atoms with Crippen LogP contribution in [0.1, 0.15) is 47.2 Å². The second-order valence-corrected chi connectivity index (χ2v) is 11.3. The third-order valence-electron chi connectivity index (χ3n) is 5.87. The lowest BCUT2D eigenvalue weighted by Gasteiger charge is -2.15. The van der Waals surface area contributed by atoms with Gasteiger partial charge in [0.15, 0.2) is 5.15 Å². The number of hydrogen-bond acceptors (Lipinski definition) is 4. The van der Waals surface area contributed by atoms with Gasteiger partial charge in [-0.25, -0.2) is 18.1 Å². The molecular formula is C26H25BrClN3O3S. The molecule has 0 saturated heterocycles. The number of sulfonamides is 1. The van der Waals surface area contributed by atoms with Crippen LogP contribution in [0.4, 0.5) is 0 Å². The van der Waals surface area contributed by atoms with E-state index in [9.17, 15) is 13.2 Å². The summed E-state index contributed by atoms with van der Waals surface area (Å²) in [6, 6.07) is 18.3. The van der Waals surface area contributed by atoms with Crippen LogP contribution in [0.25, 0.3) is 10.8 Å². The Morgan fingerprint density at radius 1 is 1.09 bits per heavy atom. The Kier molecular flexibility index (Phi) is 7.64. The first-order chi connectivity index (χ1) is 16.7. The van der Waals surface area contributed by atoms with Gasteiger partial charge in [0.25, 0.3) is 15.9 Å². The summed E-state index contributed by atoms with van der Waals surface area (Å²) in [6.45, 7) is 4.46. The lowest BCUT2D eigenvalue weighted by Crippen LogP contribution is -2.32. The Morgan fingerprint density at radius 3 is 2.54 bits per heavy atom. The third-order valence-corrected chi connectivity index (χ3v) is 7.95. The lowest BCUT2D eigenvalue weighted by molar-refractivity contribution is 0.0972. The van der Waals surface area contributed by atoms with E-state index in [2.05, 4.69) is 45.5 Å². The summed E-state index contributed by atoms with van der Waals surface area (Å²) in [5, 5.41) is 2.16. The minimum atomic E-state index is -4.11. The molecule has 1 amide bonds. The van der Waals surface area contributed by atoms with Crippen LogP contribution in [0.2, 0.25) is 5.15 Å². The number of benzene rings is 3. The largest absolute Gasteiger partial charge is 0.318 e. The molecule has 0 radical (unpaired) electrons. The average molecular weight is 575 g/mol. The molecule has 4 aromatic rings. The van der Waals surface area contributed by atoms with Gasteiger partial charge in [0, 0.05) is 10.9 Å². The van der Waals surface area contributed by atoms with Crippen LogP contribution in [0.3, 0.4) is 0 Å². The average Bonchev–Trinajstić information content (AvgIpc) is 3.14. The van der Waals surface area contributed by atoms with Gasteiger partial charge in [-0.05, 0) is 53.4 Å². The van der Waals surface area contributed by atoms with Crippen LogP contribution in [-0.2, 0) is 23.0 Å². The van der Waals surface area contributed by atoms with Crippen LogP contribution in [0, 0.1) is 6.92 Å². The van der Waals surface area contributed by atoms with E-state index in [1.807, 2.05) is 30.3 Å². The van der Waals surface area contributed by atoms with Gasteiger partial charge in [0.2, 0.25) is 0 Å². The van der Waals surface area contributed by atoms with Crippen LogP contribution in [-0.4, -0.2) is 23.9 Å². The highest BCUT2D eigenvalue weighted by Gasteiger charge is 2.27. The standard InChI is InChI=1S/C26H25BrClN3O3S/c1-3-4-12-23-29-25(28)24(26(32)30-35(33,34)20-9-7-8-19(27)15-20)31(23)16-18-14-13-17(2)21-10-5-6-11-22(18)21/h5-11,13-15H,3-4,12,16H2,1-2H3,(H,30,32). The molecule has 6 nitrogen and oxygen atoms in total. The van der Waals surface area contributed by atoms with Gasteiger partial charge in [-0.15, -0.1) is 0 Å². The maximum Gasteiger partial charge on any atom is 0.284 e. The number of carbonyl (C=O) groups excluding carboxylic acids is 1. The highest BCUT2D eigenvalue weighted by atomic mass is 79.9. The first-order valence-corrected chi connectivity index (χ1v) is 13.9. The van der Waals surface area contributed by atoms with Gasteiger partial charge >= 0.3 is 0 Å². The van der Waals surface area contributed by atoms with E-state index in [1.165, 1.54) is 12.1 Å². The van der Waals surface area contributed by atoms with Crippen molar-refractivity contribution in [1.82, 2.24) is 14.3 Å². The van der Waals surface area contributed by atoms with Crippen molar-refractivity contribution in [2.75, 3.05) is 0 Å². The maximum atomic E-state index is 13.3. The van der Waals surface area contributed by atoms with E-state index in [-0.39, 0.29) is 15.7 Å². The molecule has 0 unspecified atom stereocenters. The second kappa shape index (κ2) is 10.5. The molecule has 1 aromatic heterocycles. The molecule has 0 bridgehead atoms. The fourth-order valence-corrected chi connectivity index (χ4v) is 5.90. The van der Waals surface area contributed by atoms with Gasteiger partial charge in [-0.1, -0.05) is 83.3 Å². The Morgan fingerprint density at radius 2 is 1.83 bits per heavy atom. The van der Waals surface area contributed by atoms with Crippen molar-refractivity contribution >= 4 is 54.2 Å². The summed E-state index contributed by atoms with van der Waals surface area (Å²) < 4.78 is 30.3. The number of halogens is 2. The molecule has 4 rings (SSSR count). The van der Waals surface area contributed by atoms with Crippen molar-refractivity contribution in [1.29, 1.82) is 0 Å². The van der Waals surface area contributed by atoms with Crippen LogP contribution in [0.5, 0.6) is 0 Å². The van der Waals surface area contributed by atoms with Crippen molar-refractivity contribution in [3.63, 3.8) is 0 Å². The molecule has 0 aliphatic rings. The van der Waals surface area contributed by atoms with Crippen LogP contribution >= 0.6 is 27.5 Å². The van der Waals surface area contributed by atoms with Crippen LogP contribution < -0.4 is 4.72 Å². The van der Waals surface area contributed by atoms with E-state index < -0.39 is 15.9 Å². The zero-order valence-corrected chi connectivity index (χ0v) is 22.5. The molecule has 182 valence electrons. The quantitative estimate of drug-likeness (QED) is 0.269. The number of fused-ring (bicyclic) bond motifs is 1. The van der Waals surface area contributed by atoms with Crippen molar-refractivity contribution in [3.8, 4) is 0 Å². The lowest BCUT2D eigenvalue weighted by atomic mass is 10.00. The molecule has 0 spiro atoms. The SMILES string of the molecule is CCCCc1nc(Cl)c(C(=O)NS(=O)(=O)c2cccc(Br)c2)n1Cc1ccc(C)c2ccccc12. The molecule has 0 fully saturated rings. The molecule has 1 N–H and O–H groups in total. The molecule has 0 aliphatic carbocycles. The fourth-order valence-electron chi connectivity index (χ4n) is 4.06. The number of aryl methyl sites for hydroxylation is 2. The summed E-state index contributed by atoms with van der Waals surface area (Å²) in [4.78, 5) is 17.7. The van der Waals surface area contributed by atoms with Gasteiger partial charge in [0.05, 0.1) is 11.4 Å². The number of carbonyl (C=O) groups is 1. The Balaban J connectivity index is 1.77. The molecule has 35 heavy (non-hydrogen) atoms. The van der Waals surface area contributed by atoms with Crippen molar-refractivity contribution in [3.05, 3.63) is 92.9 Å².